The summed E-state index contributed by atoms with van der Waals surface area (Å²) in [5, 5.41) is 8.74. The van der Waals surface area contributed by atoms with Gasteiger partial charge in [0.2, 0.25) is 0 Å². The van der Waals surface area contributed by atoms with E-state index in [2.05, 4.69) is 10.4 Å². The van der Waals surface area contributed by atoms with Crippen LogP contribution in [0.4, 0.5) is 14.0 Å². The van der Waals surface area contributed by atoms with E-state index in [1.54, 1.807) is 4.90 Å². The molecule has 1 fully saturated rings. The molecule has 0 radical (unpaired) electrons. The normalized spacial score (nSPS) is 14.7. The van der Waals surface area contributed by atoms with Crippen LogP contribution in [-0.4, -0.2) is 86.0 Å². The first-order chi connectivity index (χ1) is 13.9. The van der Waals surface area contributed by atoms with Gasteiger partial charge in [0.05, 0.1) is 18.8 Å². The third-order valence-electron chi connectivity index (χ3n) is 4.55. The molecule has 11 nitrogen and oxygen atoms in total. The standard InChI is InChI=1S/C17H22FN7O4/c1-3-21(4-2)17(28)29-23-10-8-22(9-11-23)15(26)25-16(27)24(19-20-25)14-7-5-6-13(18)12-14/h5-7,12H,3-4,8-11H2,1-2H3. The number of rotatable bonds is 4. The van der Waals surface area contributed by atoms with E-state index in [1.807, 2.05) is 13.8 Å². The second-order valence-corrected chi connectivity index (χ2v) is 6.29. The number of tetrazole rings is 1. The first kappa shape index (κ1) is 20.5. The van der Waals surface area contributed by atoms with Gasteiger partial charge < -0.3 is 14.6 Å². The summed E-state index contributed by atoms with van der Waals surface area (Å²) in [6.45, 7) is 5.87. The molecule has 12 heteroatoms. The molecule has 3 rings (SSSR count). The molecule has 156 valence electrons. The van der Waals surface area contributed by atoms with Gasteiger partial charge in [-0.05, 0) is 42.5 Å². The van der Waals surface area contributed by atoms with Crippen molar-refractivity contribution in [1.82, 2.24) is 34.7 Å². The number of aromatic nitrogens is 4. The number of amides is 2. The average Bonchev–Trinajstić information content (AvgIpc) is 3.10. The fourth-order valence-electron chi connectivity index (χ4n) is 2.89. The maximum Gasteiger partial charge on any atom is 0.428 e. The zero-order valence-corrected chi connectivity index (χ0v) is 16.2. The number of hydrogen-bond donors (Lipinski definition) is 0. The molecule has 0 spiro atoms. The SMILES string of the molecule is CCN(CC)C(=O)ON1CCN(C(=O)n2nnn(-c3cccc(F)c3)c2=O)CC1. The van der Waals surface area contributed by atoms with Gasteiger partial charge in [-0.2, -0.15) is 4.68 Å². The Kier molecular flexibility index (Phi) is 6.22. The van der Waals surface area contributed by atoms with Crippen LogP contribution in [0.5, 0.6) is 0 Å². The Morgan fingerprint density at radius 1 is 1.14 bits per heavy atom. The molecule has 0 saturated carbocycles. The van der Waals surface area contributed by atoms with E-state index in [1.165, 1.54) is 28.2 Å². The minimum Gasteiger partial charge on any atom is -0.351 e. The van der Waals surface area contributed by atoms with Gasteiger partial charge in [0, 0.05) is 26.2 Å². The summed E-state index contributed by atoms with van der Waals surface area (Å²) < 4.78 is 14.9. The van der Waals surface area contributed by atoms with E-state index >= 15 is 0 Å². The molecule has 0 bridgehead atoms. The van der Waals surface area contributed by atoms with Crippen LogP contribution in [0.1, 0.15) is 13.8 Å². The molecular weight excluding hydrogens is 385 g/mol. The van der Waals surface area contributed by atoms with Gasteiger partial charge >= 0.3 is 17.8 Å². The molecule has 0 unspecified atom stereocenters. The third kappa shape index (κ3) is 4.42. The van der Waals surface area contributed by atoms with Crippen LogP contribution in [-0.2, 0) is 4.84 Å². The number of carbonyl (C=O) groups is 2. The lowest BCUT2D eigenvalue weighted by atomic mass is 10.3. The molecule has 2 heterocycles. The van der Waals surface area contributed by atoms with Crippen molar-refractivity contribution in [2.45, 2.75) is 13.8 Å². The highest BCUT2D eigenvalue weighted by Crippen LogP contribution is 2.08. The predicted molar refractivity (Wildman–Crippen MR) is 98.9 cm³/mol. The van der Waals surface area contributed by atoms with E-state index in [4.69, 9.17) is 4.84 Å². The summed E-state index contributed by atoms with van der Waals surface area (Å²) in [6, 6.07) is 4.62. The van der Waals surface area contributed by atoms with Gasteiger partial charge in [0.15, 0.2) is 0 Å². The van der Waals surface area contributed by atoms with Crippen molar-refractivity contribution >= 4 is 12.1 Å². The Bertz CT molecular complexity index is 932. The number of hydrogen-bond acceptors (Lipinski definition) is 7. The van der Waals surface area contributed by atoms with Crippen LogP contribution in [0, 0.1) is 5.82 Å². The summed E-state index contributed by atoms with van der Waals surface area (Å²) in [5.41, 5.74) is -0.627. The Morgan fingerprint density at radius 2 is 1.83 bits per heavy atom. The van der Waals surface area contributed by atoms with E-state index in [0.29, 0.717) is 30.9 Å². The van der Waals surface area contributed by atoms with Crippen molar-refractivity contribution in [2.75, 3.05) is 39.3 Å². The lowest BCUT2D eigenvalue weighted by Crippen LogP contribution is -2.52. The zero-order chi connectivity index (χ0) is 21.0. The smallest absolute Gasteiger partial charge is 0.351 e. The quantitative estimate of drug-likeness (QED) is 0.682. The average molecular weight is 407 g/mol. The summed E-state index contributed by atoms with van der Waals surface area (Å²) in [6.07, 6.45) is -0.441. The highest BCUT2D eigenvalue weighted by Gasteiger charge is 2.28. The van der Waals surface area contributed by atoms with Crippen molar-refractivity contribution in [3.05, 3.63) is 40.6 Å². The molecule has 0 N–H and O–H groups in total. The number of piperazine rings is 1. The highest BCUT2D eigenvalue weighted by atomic mass is 19.1. The number of hydroxylamine groups is 2. The maximum absolute atomic E-state index is 13.4. The van der Waals surface area contributed by atoms with Gasteiger partial charge in [-0.15, -0.1) is 9.75 Å². The van der Waals surface area contributed by atoms with Crippen molar-refractivity contribution in [3.63, 3.8) is 0 Å². The molecule has 1 aliphatic heterocycles. The second kappa shape index (κ2) is 8.82. The van der Waals surface area contributed by atoms with Gasteiger partial charge in [-0.1, -0.05) is 6.07 Å². The molecule has 0 atom stereocenters. The van der Waals surface area contributed by atoms with Crippen molar-refractivity contribution < 1.29 is 18.8 Å². The van der Waals surface area contributed by atoms with Crippen LogP contribution in [0.3, 0.4) is 0 Å². The zero-order valence-electron chi connectivity index (χ0n) is 16.2. The number of benzene rings is 1. The first-order valence-corrected chi connectivity index (χ1v) is 9.26. The fourth-order valence-corrected chi connectivity index (χ4v) is 2.89. The van der Waals surface area contributed by atoms with Crippen LogP contribution in [0.15, 0.2) is 29.1 Å². The molecule has 1 aromatic carbocycles. The minimum absolute atomic E-state index is 0.169. The molecule has 1 aromatic heterocycles. The molecule has 29 heavy (non-hydrogen) atoms. The topological polar surface area (TPSA) is 106 Å². The molecule has 1 aliphatic rings. The van der Waals surface area contributed by atoms with Crippen LogP contribution >= 0.6 is 0 Å². The lowest BCUT2D eigenvalue weighted by molar-refractivity contribution is -0.128. The van der Waals surface area contributed by atoms with E-state index < -0.39 is 23.6 Å². The number of halogens is 1. The Balaban J connectivity index is 1.63. The highest BCUT2D eigenvalue weighted by molar-refractivity contribution is 5.75. The van der Waals surface area contributed by atoms with Crippen molar-refractivity contribution in [3.8, 4) is 5.69 Å². The Labute approximate surface area is 165 Å². The Morgan fingerprint density at radius 3 is 2.45 bits per heavy atom. The summed E-state index contributed by atoms with van der Waals surface area (Å²) in [5.74, 6) is -0.536. The molecule has 0 aliphatic carbocycles. The van der Waals surface area contributed by atoms with Crippen LogP contribution < -0.4 is 5.69 Å². The summed E-state index contributed by atoms with van der Waals surface area (Å²) >= 11 is 0. The molecule has 2 aromatic rings. The third-order valence-corrected chi connectivity index (χ3v) is 4.55. The predicted octanol–water partition coefficient (Wildman–Crippen LogP) is 0.547. The summed E-state index contributed by atoms with van der Waals surface area (Å²) in [4.78, 5) is 45.4. The van der Waals surface area contributed by atoms with Gasteiger partial charge in [0.1, 0.15) is 5.82 Å². The second-order valence-electron chi connectivity index (χ2n) is 6.29. The molecule has 2 amide bonds. The minimum atomic E-state index is -0.795. The van der Waals surface area contributed by atoms with E-state index in [9.17, 15) is 18.8 Å². The fraction of sp³-hybridized carbons (Fsp3) is 0.471. The van der Waals surface area contributed by atoms with Crippen LogP contribution in [0.25, 0.3) is 5.69 Å². The molecule has 1 saturated heterocycles. The van der Waals surface area contributed by atoms with Gasteiger partial charge in [-0.25, -0.2) is 18.8 Å². The summed E-state index contributed by atoms with van der Waals surface area (Å²) in [7, 11) is 0. The first-order valence-electron chi connectivity index (χ1n) is 9.26. The van der Waals surface area contributed by atoms with Crippen molar-refractivity contribution in [1.29, 1.82) is 0 Å². The lowest BCUT2D eigenvalue weighted by Gasteiger charge is -2.33. The molecular formula is C17H22FN7O4. The van der Waals surface area contributed by atoms with Crippen LogP contribution in [0.2, 0.25) is 0 Å². The van der Waals surface area contributed by atoms with Crippen molar-refractivity contribution in [2.24, 2.45) is 0 Å². The Hall–Kier alpha value is -3.28. The number of nitrogens with zero attached hydrogens (tertiary/aromatic N) is 7. The van der Waals surface area contributed by atoms with Gasteiger partial charge in [0.25, 0.3) is 0 Å². The maximum atomic E-state index is 13.4. The monoisotopic (exact) mass is 407 g/mol. The van der Waals surface area contributed by atoms with E-state index in [0.717, 1.165) is 10.7 Å². The largest absolute Gasteiger partial charge is 0.428 e. The van der Waals surface area contributed by atoms with Gasteiger partial charge in [-0.3, -0.25) is 0 Å². The van der Waals surface area contributed by atoms with E-state index in [-0.39, 0.29) is 18.8 Å². The number of carbonyl (C=O) groups excluding carboxylic acids is 2.